The Hall–Kier alpha value is -1.21. The Labute approximate surface area is 122 Å². The third-order valence-corrected chi connectivity index (χ3v) is 3.47. The van der Waals surface area contributed by atoms with Gasteiger partial charge in [-0.15, -0.1) is 0 Å². The summed E-state index contributed by atoms with van der Waals surface area (Å²) in [6.07, 6.45) is 1.37. The second kappa shape index (κ2) is 5.62. The van der Waals surface area contributed by atoms with E-state index in [0.717, 1.165) is 9.26 Å². The van der Waals surface area contributed by atoms with Crippen LogP contribution in [0.2, 0.25) is 5.02 Å². The number of furan rings is 1. The van der Waals surface area contributed by atoms with Crippen molar-refractivity contribution < 1.29 is 14.3 Å². The monoisotopic (exact) mass is 377 g/mol. The molecule has 0 atom stereocenters. The summed E-state index contributed by atoms with van der Waals surface area (Å²) in [5.41, 5.74) is 1.05. The molecule has 1 aromatic heterocycles. The molecule has 2 rings (SSSR count). The second-order valence-electron chi connectivity index (χ2n) is 3.54. The number of benzene rings is 1. The van der Waals surface area contributed by atoms with E-state index in [1.165, 1.54) is 12.3 Å². The largest absolute Gasteiger partial charge is 0.478 e. The van der Waals surface area contributed by atoms with Crippen molar-refractivity contribution in [2.75, 3.05) is 5.32 Å². The molecule has 0 unspecified atom stereocenters. The maximum atomic E-state index is 10.9. The van der Waals surface area contributed by atoms with Gasteiger partial charge >= 0.3 is 5.97 Å². The van der Waals surface area contributed by atoms with Crippen LogP contribution in [0.5, 0.6) is 0 Å². The highest BCUT2D eigenvalue weighted by Crippen LogP contribution is 2.23. The zero-order valence-corrected chi connectivity index (χ0v) is 12.0. The van der Waals surface area contributed by atoms with Crippen molar-refractivity contribution in [2.24, 2.45) is 0 Å². The number of hydrogen-bond acceptors (Lipinski definition) is 3. The highest BCUT2D eigenvalue weighted by atomic mass is 127. The third kappa shape index (κ3) is 2.97. The van der Waals surface area contributed by atoms with Crippen molar-refractivity contribution in [1.29, 1.82) is 0 Å². The molecule has 0 aliphatic rings. The topological polar surface area (TPSA) is 62.5 Å². The van der Waals surface area contributed by atoms with Crippen LogP contribution in [0, 0.1) is 3.57 Å². The lowest BCUT2D eigenvalue weighted by atomic mass is 10.2. The number of carboxylic acid groups (broad SMARTS) is 1. The Balaban J connectivity index is 2.11. The number of rotatable bonds is 4. The molecular formula is C12H9ClINO3. The van der Waals surface area contributed by atoms with Gasteiger partial charge in [-0.05, 0) is 46.9 Å². The molecule has 2 aromatic rings. The van der Waals surface area contributed by atoms with E-state index in [9.17, 15) is 4.79 Å². The third-order valence-electron chi connectivity index (χ3n) is 2.35. The van der Waals surface area contributed by atoms with Gasteiger partial charge in [-0.1, -0.05) is 11.6 Å². The Bertz CT molecular complexity index is 582. The molecular weight excluding hydrogens is 368 g/mol. The summed E-state index contributed by atoms with van der Waals surface area (Å²) in [4.78, 5) is 10.9. The summed E-state index contributed by atoms with van der Waals surface area (Å²) in [5.74, 6) is -0.598. The minimum absolute atomic E-state index is 0.173. The zero-order valence-electron chi connectivity index (χ0n) is 9.11. The summed E-state index contributed by atoms with van der Waals surface area (Å²) in [7, 11) is 0. The molecule has 0 radical (unpaired) electrons. The van der Waals surface area contributed by atoms with Crippen LogP contribution in [-0.2, 0) is 6.54 Å². The van der Waals surface area contributed by atoms with Crippen LogP contribution < -0.4 is 5.32 Å². The Morgan fingerprint density at radius 3 is 2.89 bits per heavy atom. The van der Waals surface area contributed by atoms with Gasteiger partial charge in [-0.3, -0.25) is 0 Å². The predicted molar refractivity (Wildman–Crippen MR) is 77.2 cm³/mol. The molecule has 0 saturated carbocycles. The van der Waals surface area contributed by atoms with Crippen molar-refractivity contribution in [3.05, 3.63) is 50.4 Å². The van der Waals surface area contributed by atoms with E-state index < -0.39 is 5.97 Å². The molecule has 1 heterocycles. The van der Waals surface area contributed by atoms with Gasteiger partial charge in [0.25, 0.3) is 0 Å². The Morgan fingerprint density at radius 2 is 2.22 bits per heavy atom. The number of nitrogens with one attached hydrogen (secondary N) is 1. The molecule has 1 aromatic carbocycles. The smallest absolute Gasteiger partial charge is 0.339 e. The number of hydrogen-bond donors (Lipinski definition) is 2. The molecule has 0 bridgehead atoms. The van der Waals surface area contributed by atoms with Crippen molar-refractivity contribution >= 4 is 45.8 Å². The average Bonchev–Trinajstić information content (AvgIpc) is 2.76. The molecule has 0 aliphatic carbocycles. The Morgan fingerprint density at radius 1 is 1.44 bits per heavy atom. The molecule has 6 heteroatoms. The fraction of sp³-hybridized carbons (Fsp3) is 0.0833. The Kier molecular flexibility index (Phi) is 4.13. The van der Waals surface area contributed by atoms with Crippen molar-refractivity contribution in [1.82, 2.24) is 0 Å². The van der Waals surface area contributed by atoms with Crippen molar-refractivity contribution in [3.8, 4) is 0 Å². The van der Waals surface area contributed by atoms with Crippen LogP contribution in [0.3, 0.4) is 0 Å². The lowest BCUT2D eigenvalue weighted by Crippen LogP contribution is -2.05. The molecule has 0 fully saturated rings. The summed E-state index contributed by atoms with van der Waals surface area (Å²) in [6, 6.07) is 6.87. The molecule has 18 heavy (non-hydrogen) atoms. The minimum atomic E-state index is -0.994. The quantitative estimate of drug-likeness (QED) is 0.795. The maximum absolute atomic E-state index is 10.9. The van der Waals surface area contributed by atoms with Gasteiger partial charge in [0.1, 0.15) is 11.3 Å². The van der Waals surface area contributed by atoms with Crippen LogP contribution in [0.4, 0.5) is 5.69 Å². The van der Waals surface area contributed by atoms with Crippen molar-refractivity contribution in [2.45, 2.75) is 6.54 Å². The maximum Gasteiger partial charge on any atom is 0.339 e. The summed E-state index contributed by atoms with van der Waals surface area (Å²) in [6.45, 7) is 0.312. The predicted octanol–water partition coefficient (Wildman–Crippen LogP) is 3.85. The molecule has 0 aliphatic heterocycles. The van der Waals surface area contributed by atoms with Crippen LogP contribution in [0.15, 0.2) is 34.9 Å². The SMILES string of the molecule is O=C(O)c1ccoc1CNc1ccc(Cl)cc1I. The molecule has 4 nitrogen and oxygen atoms in total. The van der Waals surface area contributed by atoms with Gasteiger partial charge in [-0.2, -0.15) is 0 Å². The van der Waals surface area contributed by atoms with Gasteiger partial charge < -0.3 is 14.8 Å². The first-order chi connectivity index (χ1) is 8.58. The average molecular weight is 378 g/mol. The van der Waals surface area contributed by atoms with E-state index in [4.69, 9.17) is 21.1 Å². The highest BCUT2D eigenvalue weighted by Gasteiger charge is 2.13. The summed E-state index contributed by atoms with van der Waals surface area (Å²) < 4.78 is 6.10. The highest BCUT2D eigenvalue weighted by molar-refractivity contribution is 14.1. The minimum Gasteiger partial charge on any atom is -0.478 e. The molecule has 94 valence electrons. The fourth-order valence-electron chi connectivity index (χ4n) is 1.48. The van der Waals surface area contributed by atoms with E-state index in [1.807, 2.05) is 12.1 Å². The van der Waals surface area contributed by atoms with Crippen molar-refractivity contribution in [3.63, 3.8) is 0 Å². The van der Waals surface area contributed by atoms with E-state index >= 15 is 0 Å². The van der Waals surface area contributed by atoms with Gasteiger partial charge in [-0.25, -0.2) is 4.79 Å². The zero-order chi connectivity index (χ0) is 13.1. The molecule has 0 amide bonds. The van der Waals surface area contributed by atoms with Crippen LogP contribution in [0.1, 0.15) is 16.1 Å². The van der Waals surface area contributed by atoms with E-state index in [-0.39, 0.29) is 5.56 Å². The number of carboxylic acids is 1. The van der Waals surface area contributed by atoms with Gasteiger partial charge in [0.15, 0.2) is 0 Å². The lowest BCUT2D eigenvalue weighted by Gasteiger charge is -2.07. The van der Waals surface area contributed by atoms with E-state index in [0.29, 0.717) is 17.3 Å². The van der Waals surface area contributed by atoms with Crippen LogP contribution in [0.25, 0.3) is 0 Å². The number of carbonyl (C=O) groups is 1. The van der Waals surface area contributed by atoms with Crippen LogP contribution in [-0.4, -0.2) is 11.1 Å². The summed E-state index contributed by atoms with van der Waals surface area (Å²) >= 11 is 8.01. The fourth-order valence-corrected chi connectivity index (χ4v) is 2.54. The van der Waals surface area contributed by atoms with E-state index in [1.54, 1.807) is 6.07 Å². The number of anilines is 1. The normalized spacial score (nSPS) is 10.3. The second-order valence-corrected chi connectivity index (χ2v) is 5.14. The molecule has 0 spiro atoms. The number of halogens is 2. The van der Waals surface area contributed by atoms with Gasteiger partial charge in [0.05, 0.1) is 12.8 Å². The number of aromatic carboxylic acids is 1. The first kappa shape index (κ1) is 13.2. The van der Waals surface area contributed by atoms with Gasteiger partial charge in [0, 0.05) is 14.3 Å². The van der Waals surface area contributed by atoms with Crippen LogP contribution >= 0.6 is 34.2 Å². The standard InChI is InChI=1S/C12H9ClINO3/c13-7-1-2-10(9(14)5-7)15-6-11-8(12(16)17)3-4-18-11/h1-5,15H,6H2,(H,16,17). The summed E-state index contributed by atoms with van der Waals surface area (Å²) in [5, 5.41) is 12.7. The first-order valence-corrected chi connectivity index (χ1v) is 6.52. The lowest BCUT2D eigenvalue weighted by molar-refractivity contribution is 0.0694. The molecule has 0 saturated heterocycles. The first-order valence-electron chi connectivity index (χ1n) is 5.06. The van der Waals surface area contributed by atoms with E-state index in [2.05, 4.69) is 27.9 Å². The van der Waals surface area contributed by atoms with Gasteiger partial charge in [0.2, 0.25) is 0 Å². The molecule has 2 N–H and O–H groups in total.